The summed E-state index contributed by atoms with van der Waals surface area (Å²) in [6.45, 7) is 0. The number of fused-ring (bicyclic) bond motifs is 1. The number of nitrogens with zero attached hydrogens (tertiary/aromatic N) is 2. The zero-order chi connectivity index (χ0) is 20.0. The summed E-state index contributed by atoms with van der Waals surface area (Å²) < 4.78 is 24.1. The van der Waals surface area contributed by atoms with Crippen molar-refractivity contribution in [1.82, 2.24) is 9.88 Å². The van der Waals surface area contributed by atoms with Gasteiger partial charge in [-0.25, -0.2) is 13.4 Å². The van der Waals surface area contributed by atoms with Gasteiger partial charge < -0.3 is 4.90 Å². The maximum absolute atomic E-state index is 13.7. The number of aromatic nitrogens is 1. The van der Waals surface area contributed by atoms with Gasteiger partial charge in [0.2, 0.25) is 0 Å². The standard InChI is InChI=1S/C23H22N2O3S/c26-23(25(17-10-11-17)18-12-13-29(27,28)15-18)20-14-22(16-6-2-1-3-7-16)24-21-9-5-4-8-19(20)21/h1-9,14,17-18H,10-13,15H2. The average Bonchev–Trinajstić information content (AvgIpc) is 3.50. The fourth-order valence-corrected chi connectivity index (χ4v) is 5.94. The number of hydrogen-bond donors (Lipinski definition) is 0. The van der Waals surface area contributed by atoms with Crippen molar-refractivity contribution in [1.29, 1.82) is 0 Å². The summed E-state index contributed by atoms with van der Waals surface area (Å²) in [5.41, 5.74) is 3.08. The highest BCUT2D eigenvalue weighted by Crippen LogP contribution is 2.35. The molecule has 5 nitrogen and oxygen atoms in total. The number of amides is 1. The van der Waals surface area contributed by atoms with Gasteiger partial charge in [-0.1, -0.05) is 48.5 Å². The molecule has 1 unspecified atom stereocenters. The molecule has 1 aromatic heterocycles. The van der Waals surface area contributed by atoms with Crippen molar-refractivity contribution >= 4 is 26.6 Å². The van der Waals surface area contributed by atoms with Crippen molar-refractivity contribution in [2.45, 2.75) is 31.3 Å². The molecule has 2 aliphatic rings. The quantitative estimate of drug-likeness (QED) is 0.663. The Hall–Kier alpha value is -2.73. The normalized spacial score (nSPS) is 20.6. The predicted molar refractivity (Wildman–Crippen MR) is 113 cm³/mol. The van der Waals surface area contributed by atoms with E-state index in [2.05, 4.69) is 0 Å². The Bertz CT molecular complexity index is 1190. The van der Waals surface area contributed by atoms with Gasteiger partial charge >= 0.3 is 0 Å². The van der Waals surface area contributed by atoms with Crippen LogP contribution < -0.4 is 0 Å². The third-order valence-corrected chi connectivity index (χ3v) is 7.54. The Kier molecular flexibility index (Phi) is 4.39. The molecule has 1 saturated heterocycles. The zero-order valence-corrected chi connectivity index (χ0v) is 16.8. The van der Waals surface area contributed by atoms with Crippen molar-refractivity contribution in [2.24, 2.45) is 0 Å². The van der Waals surface area contributed by atoms with E-state index in [1.54, 1.807) is 0 Å². The first-order chi connectivity index (χ1) is 14.0. The highest BCUT2D eigenvalue weighted by atomic mass is 32.2. The first-order valence-corrected chi connectivity index (χ1v) is 11.8. The topological polar surface area (TPSA) is 67.3 Å². The minimum Gasteiger partial charge on any atom is -0.332 e. The largest absolute Gasteiger partial charge is 0.332 e. The van der Waals surface area contributed by atoms with Crippen LogP contribution in [0.1, 0.15) is 29.6 Å². The maximum atomic E-state index is 13.7. The molecule has 0 bridgehead atoms. The predicted octanol–water partition coefficient (Wildman–Crippen LogP) is 3.69. The lowest BCUT2D eigenvalue weighted by molar-refractivity contribution is 0.0683. The number of sulfone groups is 1. The fourth-order valence-electron chi connectivity index (χ4n) is 4.23. The van der Waals surface area contributed by atoms with Crippen molar-refractivity contribution in [3.05, 3.63) is 66.2 Å². The van der Waals surface area contributed by atoms with E-state index in [4.69, 9.17) is 4.98 Å². The van der Waals surface area contributed by atoms with Gasteiger partial charge in [-0.3, -0.25) is 4.79 Å². The molecule has 1 amide bonds. The van der Waals surface area contributed by atoms with E-state index >= 15 is 0 Å². The van der Waals surface area contributed by atoms with E-state index in [0.29, 0.717) is 12.0 Å². The van der Waals surface area contributed by atoms with Crippen LogP contribution in [0.2, 0.25) is 0 Å². The molecule has 3 aromatic rings. The maximum Gasteiger partial charge on any atom is 0.255 e. The number of para-hydroxylation sites is 1. The van der Waals surface area contributed by atoms with Crippen LogP contribution in [0, 0.1) is 0 Å². The van der Waals surface area contributed by atoms with Gasteiger partial charge in [0.25, 0.3) is 5.91 Å². The Morgan fingerprint density at radius 2 is 1.66 bits per heavy atom. The van der Waals surface area contributed by atoms with Gasteiger partial charge in [0.15, 0.2) is 9.84 Å². The van der Waals surface area contributed by atoms with E-state index in [1.165, 1.54) is 0 Å². The molecule has 2 fully saturated rings. The molecule has 0 spiro atoms. The van der Waals surface area contributed by atoms with Crippen LogP contribution in [-0.4, -0.2) is 47.8 Å². The molecule has 5 rings (SSSR count). The SMILES string of the molecule is O=C(c1cc(-c2ccccc2)nc2ccccc12)N(C1CC1)C1CCS(=O)(=O)C1. The van der Waals surface area contributed by atoms with Crippen molar-refractivity contribution in [2.75, 3.05) is 11.5 Å². The third-order valence-electron chi connectivity index (χ3n) is 5.79. The minimum atomic E-state index is -3.06. The summed E-state index contributed by atoms with van der Waals surface area (Å²) in [6, 6.07) is 19.2. The number of benzene rings is 2. The Labute approximate surface area is 170 Å². The van der Waals surface area contributed by atoms with E-state index < -0.39 is 9.84 Å². The molecule has 6 heteroatoms. The van der Waals surface area contributed by atoms with Crippen LogP contribution in [-0.2, 0) is 9.84 Å². The third kappa shape index (κ3) is 3.53. The molecule has 2 heterocycles. The monoisotopic (exact) mass is 406 g/mol. The van der Waals surface area contributed by atoms with Crippen molar-refractivity contribution in [3.8, 4) is 11.3 Å². The summed E-state index contributed by atoms with van der Waals surface area (Å²) in [6.07, 6.45) is 2.41. The fraction of sp³-hybridized carbons (Fsp3) is 0.304. The number of rotatable bonds is 4. The highest BCUT2D eigenvalue weighted by molar-refractivity contribution is 7.91. The van der Waals surface area contributed by atoms with Gasteiger partial charge in [-0.15, -0.1) is 0 Å². The van der Waals surface area contributed by atoms with Crippen LogP contribution in [0.25, 0.3) is 22.2 Å². The summed E-state index contributed by atoms with van der Waals surface area (Å²) >= 11 is 0. The zero-order valence-electron chi connectivity index (χ0n) is 16.0. The van der Waals surface area contributed by atoms with Gasteiger partial charge in [0, 0.05) is 23.0 Å². The lowest BCUT2D eigenvalue weighted by Crippen LogP contribution is -2.42. The molecular formula is C23H22N2O3S. The molecule has 29 heavy (non-hydrogen) atoms. The molecule has 1 aliphatic heterocycles. The first-order valence-electron chi connectivity index (χ1n) is 10.0. The lowest BCUT2D eigenvalue weighted by Gasteiger charge is -2.29. The summed E-state index contributed by atoms with van der Waals surface area (Å²) in [4.78, 5) is 20.3. The van der Waals surface area contributed by atoms with E-state index in [1.807, 2.05) is 65.6 Å². The smallest absolute Gasteiger partial charge is 0.255 e. The van der Waals surface area contributed by atoms with E-state index in [-0.39, 0.29) is 29.5 Å². The van der Waals surface area contributed by atoms with E-state index in [9.17, 15) is 13.2 Å². The van der Waals surface area contributed by atoms with Gasteiger partial charge in [-0.2, -0.15) is 0 Å². The molecule has 1 saturated carbocycles. The number of carbonyl (C=O) groups is 1. The van der Waals surface area contributed by atoms with Crippen LogP contribution in [0.3, 0.4) is 0 Å². The summed E-state index contributed by atoms with van der Waals surface area (Å²) in [7, 11) is -3.06. The van der Waals surface area contributed by atoms with Crippen molar-refractivity contribution < 1.29 is 13.2 Å². The molecular weight excluding hydrogens is 384 g/mol. The van der Waals surface area contributed by atoms with Crippen LogP contribution in [0.4, 0.5) is 0 Å². The number of carbonyl (C=O) groups excluding carboxylic acids is 1. The molecule has 2 aromatic carbocycles. The van der Waals surface area contributed by atoms with Gasteiger partial charge in [0.05, 0.1) is 28.3 Å². The molecule has 1 aliphatic carbocycles. The summed E-state index contributed by atoms with van der Waals surface area (Å²) in [5, 5.41) is 0.809. The summed E-state index contributed by atoms with van der Waals surface area (Å²) in [5.74, 6) is 0.162. The molecule has 148 valence electrons. The molecule has 1 atom stereocenters. The minimum absolute atomic E-state index is 0.0732. The Morgan fingerprint density at radius 3 is 2.34 bits per heavy atom. The second kappa shape index (κ2) is 6.95. The van der Waals surface area contributed by atoms with E-state index in [0.717, 1.165) is 35.0 Å². The second-order valence-corrected chi connectivity index (χ2v) is 10.2. The second-order valence-electron chi connectivity index (χ2n) is 7.94. The van der Waals surface area contributed by atoms with Crippen LogP contribution >= 0.6 is 0 Å². The van der Waals surface area contributed by atoms with Gasteiger partial charge in [-0.05, 0) is 31.4 Å². The number of hydrogen-bond acceptors (Lipinski definition) is 4. The van der Waals surface area contributed by atoms with Gasteiger partial charge in [0.1, 0.15) is 0 Å². The first kappa shape index (κ1) is 18.3. The Morgan fingerprint density at radius 1 is 0.931 bits per heavy atom. The molecule has 0 radical (unpaired) electrons. The van der Waals surface area contributed by atoms with Crippen LogP contribution in [0.15, 0.2) is 60.7 Å². The Balaban J connectivity index is 1.62. The average molecular weight is 407 g/mol. The lowest BCUT2D eigenvalue weighted by atomic mass is 10.0. The van der Waals surface area contributed by atoms with Crippen LogP contribution in [0.5, 0.6) is 0 Å². The van der Waals surface area contributed by atoms with Crippen molar-refractivity contribution in [3.63, 3.8) is 0 Å². The highest BCUT2D eigenvalue weighted by Gasteiger charge is 2.42. The number of pyridine rings is 1. The molecule has 0 N–H and O–H groups in total.